The molecule has 0 saturated carbocycles. The minimum absolute atomic E-state index is 0.0771. The summed E-state index contributed by atoms with van der Waals surface area (Å²) in [4.78, 5) is 13.6. The molecule has 1 aliphatic heterocycles. The molecule has 0 aliphatic carbocycles. The first-order valence-electron chi connectivity index (χ1n) is 10.6. The summed E-state index contributed by atoms with van der Waals surface area (Å²) < 4.78 is 6.14. The summed E-state index contributed by atoms with van der Waals surface area (Å²) in [6, 6.07) is 19.9. The normalized spacial score (nSPS) is 15.0. The van der Waals surface area contributed by atoms with Crippen LogP contribution in [-0.2, 0) is 11.3 Å². The Morgan fingerprint density at radius 1 is 1.06 bits per heavy atom. The molecule has 160 valence electrons. The second-order valence-electron chi connectivity index (χ2n) is 8.11. The van der Waals surface area contributed by atoms with E-state index < -0.39 is 0 Å². The predicted octanol–water partition coefficient (Wildman–Crippen LogP) is 4.13. The molecular weight excluding hydrogens is 388 g/mol. The molecule has 3 aromatic rings. The molecule has 1 aliphatic rings. The number of ether oxygens (including phenoxy) is 1. The summed E-state index contributed by atoms with van der Waals surface area (Å²) >= 11 is 0. The van der Waals surface area contributed by atoms with Crippen LogP contribution in [0.2, 0.25) is 0 Å². The van der Waals surface area contributed by atoms with E-state index in [1.54, 1.807) is 0 Å². The number of fused-ring (bicyclic) bond motifs is 1. The fourth-order valence-electron chi connectivity index (χ4n) is 4.02. The minimum Gasteiger partial charge on any atom is -0.490 e. The highest BCUT2D eigenvalue weighted by molar-refractivity contribution is 5.99. The van der Waals surface area contributed by atoms with Crippen molar-refractivity contribution in [1.29, 1.82) is 5.41 Å². The molecule has 4 N–H and O–H groups in total. The summed E-state index contributed by atoms with van der Waals surface area (Å²) in [6.07, 6.45) is 2.17. The Bertz CT molecular complexity index is 1090. The molecule has 6 nitrogen and oxygen atoms in total. The van der Waals surface area contributed by atoms with E-state index in [0.717, 1.165) is 60.2 Å². The number of nitrogens with zero attached hydrogens (tertiary/aromatic N) is 1. The maximum Gasteiger partial charge on any atom is 0.221 e. The Morgan fingerprint density at radius 2 is 1.77 bits per heavy atom. The maximum atomic E-state index is 11.1. The molecule has 31 heavy (non-hydrogen) atoms. The Hall–Kier alpha value is -3.38. The summed E-state index contributed by atoms with van der Waals surface area (Å²) in [5.41, 5.74) is 8.43. The molecule has 6 heteroatoms. The van der Waals surface area contributed by atoms with Gasteiger partial charge in [-0.25, -0.2) is 0 Å². The van der Waals surface area contributed by atoms with Crippen molar-refractivity contribution in [2.24, 2.45) is 5.73 Å². The first-order valence-corrected chi connectivity index (χ1v) is 10.6. The number of nitrogen functional groups attached to an aromatic ring is 1. The van der Waals surface area contributed by atoms with Crippen LogP contribution >= 0.6 is 0 Å². The van der Waals surface area contributed by atoms with Gasteiger partial charge in [-0.05, 0) is 65.6 Å². The van der Waals surface area contributed by atoms with E-state index in [1.165, 1.54) is 12.5 Å². The number of rotatable bonds is 6. The number of piperidine rings is 1. The van der Waals surface area contributed by atoms with Gasteiger partial charge in [0, 0.05) is 37.8 Å². The lowest BCUT2D eigenvalue weighted by Gasteiger charge is -2.32. The first kappa shape index (κ1) is 20.9. The van der Waals surface area contributed by atoms with Gasteiger partial charge in [0.25, 0.3) is 0 Å². The van der Waals surface area contributed by atoms with Crippen molar-refractivity contribution in [2.45, 2.75) is 32.4 Å². The number of amidine groups is 1. The van der Waals surface area contributed by atoms with Gasteiger partial charge in [0.15, 0.2) is 0 Å². The number of hydrogen-bond donors (Lipinski definition) is 3. The van der Waals surface area contributed by atoms with Gasteiger partial charge < -0.3 is 15.8 Å². The molecule has 1 heterocycles. The van der Waals surface area contributed by atoms with Crippen LogP contribution in [0.3, 0.4) is 0 Å². The first-order chi connectivity index (χ1) is 15.0. The monoisotopic (exact) mass is 416 g/mol. The van der Waals surface area contributed by atoms with E-state index in [0.29, 0.717) is 0 Å². The summed E-state index contributed by atoms with van der Waals surface area (Å²) in [5.74, 6) is 0.856. The Morgan fingerprint density at radius 3 is 2.45 bits per heavy atom. The van der Waals surface area contributed by atoms with Crippen LogP contribution in [0.1, 0.15) is 30.9 Å². The van der Waals surface area contributed by atoms with Gasteiger partial charge in [-0.2, -0.15) is 0 Å². The van der Waals surface area contributed by atoms with E-state index in [9.17, 15) is 4.79 Å². The van der Waals surface area contributed by atoms with Crippen molar-refractivity contribution >= 4 is 28.2 Å². The topological polar surface area (TPSA) is 91.4 Å². The molecule has 0 bridgehead atoms. The molecule has 1 amide bonds. The third-order valence-electron chi connectivity index (χ3n) is 5.63. The van der Waals surface area contributed by atoms with Crippen molar-refractivity contribution in [3.63, 3.8) is 0 Å². The minimum atomic E-state index is -0.0771. The largest absolute Gasteiger partial charge is 0.490 e. The molecule has 0 atom stereocenters. The molecular formula is C25H28N4O2. The van der Waals surface area contributed by atoms with Crippen molar-refractivity contribution in [1.82, 2.24) is 4.90 Å². The fourth-order valence-corrected chi connectivity index (χ4v) is 4.02. The van der Waals surface area contributed by atoms with E-state index in [2.05, 4.69) is 28.4 Å². The van der Waals surface area contributed by atoms with Crippen molar-refractivity contribution < 1.29 is 9.53 Å². The molecule has 4 rings (SSSR count). The van der Waals surface area contributed by atoms with E-state index >= 15 is 0 Å². The highest BCUT2D eigenvalue weighted by Crippen LogP contribution is 2.23. The maximum absolute atomic E-state index is 11.1. The van der Waals surface area contributed by atoms with Crippen LogP contribution in [0.5, 0.6) is 5.75 Å². The predicted molar refractivity (Wildman–Crippen MR) is 125 cm³/mol. The van der Waals surface area contributed by atoms with Crippen LogP contribution in [0, 0.1) is 5.41 Å². The highest BCUT2D eigenvalue weighted by atomic mass is 16.5. The molecule has 0 unspecified atom stereocenters. The van der Waals surface area contributed by atoms with Crippen LogP contribution < -0.4 is 15.8 Å². The SMILES string of the molecule is CC(=O)Nc1ccc(OC2CCN(Cc3ccc4ccc(C(=N)N)cc4c3)CC2)cc1. The fraction of sp³-hybridized carbons (Fsp3) is 0.280. The van der Waals surface area contributed by atoms with Gasteiger partial charge in [0.2, 0.25) is 5.91 Å². The second-order valence-corrected chi connectivity index (χ2v) is 8.11. The van der Waals surface area contributed by atoms with E-state index in [1.807, 2.05) is 42.5 Å². The molecule has 3 aromatic carbocycles. The van der Waals surface area contributed by atoms with Gasteiger partial charge >= 0.3 is 0 Å². The number of hydrogen-bond acceptors (Lipinski definition) is 4. The van der Waals surface area contributed by atoms with Gasteiger partial charge in [0.1, 0.15) is 17.7 Å². The van der Waals surface area contributed by atoms with Gasteiger partial charge in [-0.3, -0.25) is 15.1 Å². The Kier molecular flexibility index (Phi) is 6.18. The van der Waals surface area contributed by atoms with Crippen molar-refractivity contribution in [3.05, 3.63) is 71.8 Å². The zero-order valence-electron chi connectivity index (χ0n) is 17.7. The molecule has 0 spiro atoms. The number of nitrogens with one attached hydrogen (secondary N) is 2. The average molecular weight is 417 g/mol. The Labute approximate surface area is 182 Å². The number of anilines is 1. The van der Waals surface area contributed by atoms with E-state index in [-0.39, 0.29) is 17.8 Å². The standard InChI is InChI=1S/C25H28N4O2/c1-17(30)28-22-6-8-23(9-7-22)31-24-10-12-29(13-11-24)16-18-2-3-19-4-5-20(25(26)27)15-21(19)14-18/h2-9,14-15,24H,10-13,16H2,1H3,(H3,26,27)(H,28,30). The Balaban J connectivity index is 1.31. The highest BCUT2D eigenvalue weighted by Gasteiger charge is 2.20. The number of benzene rings is 3. The second kappa shape index (κ2) is 9.18. The number of likely N-dealkylation sites (tertiary alicyclic amines) is 1. The van der Waals surface area contributed by atoms with Crippen molar-refractivity contribution in [2.75, 3.05) is 18.4 Å². The summed E-state index contributed by atoms with van der Waals surface area (Å²) in [5, 5.41) is 12.7. The van der Waals surface area contributed by atoms with E-state index in [4.69, 9.17) is 15.9 Å². The quantitative estimate of drug-likeness (QED) is 0.416. The average Bonchev–Trinajstić information content (AvgIpc) is 2.75. The smallest absolute Gasteiger partial charge is 0.221 e. The lowest BCUT2D eigenvalue weighted by Crippen LogP contribution is -2.37. The number of carbonyl (C=O) groups excluding carboxylic acids is 1. The number of amides is 1. The van der Waals surface area contributed by atoms with Gasteiger partial charge in [0.05, 0.1) is 0 Å². The summed E-state index contributed by atoms with van der Waals surface area (Å²) in [7, 11) is 0. The van der Waals surface area contributed by atoms with Gasteiger partial charge in [-0.1, -0.05) is 24.3 Å². The third-order valence-corrected chi connectivity index (χ3v) is 5.63. The lowest BCUT2D eigenvalue weighted by molar-refractivity contribution is -0.114. The van der Waals surface area contributed by atoms with Crippen LogP contribution in [0.25, 0.3) is 10.8 Å². The zero-order valence-corrected chi connectivity index (χ0v) is 17.7. The third kappa shape index (κ3) is 5.41. The molecule has 1 fully saturated rings. The summed E-state index contributed by atoms with van der Waals surface area (Å²) in [6.45, 7) is 4.37. The molecule has 1 saturated heterocycles. The van der Waals surface area contributed by atoms with Crippen LogP contribution in [-0.4, -0.2) is 35.8 Å². The van der Waals surface area contributed by atoms with Crippen LogP contribution in [0.4, 0.5) is 5.69 Å². The van der Waals surface area contributed by atoms with Crippen molar-refractivity contribution in [3.8, 4) is 5.75 Å². The molecule has 0 radical (unpaired) electrons. The number of carbonyl (C=O) groups is 1. The zero-order chi connectivity index (χ0) is 21.8. The van der Waals surface area contributed by atoms with Crippen LogP contribution in [0.15, 0.2) is 60.7 Å². The lowest BCUT2D eigenvalue weighted by atomic mass is 10.0. The molecule has 0 aromatic heterocycles. The number of nitrogens with two attached hydrogens (primary N) is 1. The van der Waals surface area contributed by atoms with Gasteiger partial charge in [-0.15, -0.1) is 0 Å².